The summed E-state index contributed by atoms with van der Waals surface area (Å²) in [6.07, 6.45) is 0.395. The number of carbonyl (C=O) groups is 1. The number of benzene rings is 3. The zero-order chi connectivity index (χ0) is 23.9. The molecule has 2 aromatic heterocycles. The number of rotatable bonds is 3. The number of aromatic amines is 1. The van der Waals surface area contributed by atoms with Crippen LogP contribution in [-0.4, -0.2) is 26.6 Å². The van der Waals surface area contributed by atoms with Crippen LogP contribution in [-0.2, 0) is 4.79 Å². The number of H-pyrrole nitrogens is 1. The summed E-state index contributed by atoms with van der Waals surface area (Å²) in [6.45, 7) is 1.49. The maximum Gasteiger partial charge on any atom is 0.258 e. The molecule has 0 radical (unpaired) electrons. The Kier molecular flexibility index (Phi) is 4.99. The first-order chi connectivity index (χ1) is 17.1. The van der Waals surface area contributed by atoms with Crippen LogP contribution in [0.4, 0.5) is 0 Å². The maximum absolute atomic E-state index is 13.5. The van der Waals surface area contributed by atoms with Crippen LogP contribution in [0.3, 0.4) is 0 Å². The van der Waals surface area contributed by atoms with E-state index in [1.807, 2.05) is 91.0 Å². The summed E-state index contributed by atoms with van der Waals surface area (Å²) in [7, 11) is 0. The number of nitrogens with zero attached hydrogens (tertiary/aromatic N) is 3. The standard InChI is InChI=1S/C29H22N4O2/c1-18(34)33-26(24-16-15-19-9-5-7-13-22(19)30-24)17-25(32-33)28-27(20-10-3-2-4-11-20)21-12-6-8-14-23(21)31-29(28)35/h2-16,26H,17H2,1H3,(H,31,35)/t26-/m0/s1. The van der Waals surface area contributed by atoms with Gasteiger partial charge in [-0.1, -0.05) is 72.8 Å². The molecule has 0 fully saturated rings. The second-order valence-electron chi connectivity index (χ2n) is 8.67. The van der Waals surface area contributed by atoms with Crippen LogP contribution in [0.25, 0.3) is 32.9 Å². The largest absolute Gasteiger partial charge is 0.321 e. The van der Waals surface area contributed by atoms with Crippen molar-refractivity contribution in [1.29, 1.82) is 0 Å². The van der Waals surface area contributed by atoms with E-state index in [-0.39, 0.29) is 17.5 Å². The van der Waals surface area contributed by atoms with Crippen molar-refractivity contribution < 1.29 is 4.79 Å². The van der Waals surface area contributed by atoms with Crippen molar-refractivity contribution in [3.05, 3.63) is 113 Å². The first-order valence-electron chi connectivity index (χ1n) is 11.5. The molecule has 1 aliphatic heterocycles. The van der Waals surface area contributed by atoms with E-state index in [0.717, 1.165) is 38.6 Å². The molecular formula is C29H22N4O2. The molecule has 0 spiro atoms. The highest BCUT2D eigenvalue weighted by atomic mass is 16.2. The van der Waals surface area contributed by atoms with Crippen molar-refractivity contribution in [3.63, 3.8) is 0 Å². The van der Waals surface area contributed by atoms with Crippen molar-refractivity contribution in [2.24, 2.45) is 5.10 Å². The molecular weight excluding hydrogens is 436 g/mol. The molecule has 6 heteroatoms. The molecule has 0 bridgehead atoms. The van der Waals surface area contributed by atoms with Crippen molar-refractivity contribution in [2.75, 3.05) is 0 Å². The number of nitrogens with one attached hydrogen (secondary N) is 1. The van der Waals surface area contributed by atoms with Crippen molar-refractivity contribution in [2.45, 2.75) is 19.4 Å². The van der Waals surface area contributed by atoms with Crippen LogP contribution in [0.5, 0.6) is 0 Å². The quantitative estimate of drug-likeness (QED) is 0.391. The Bertz CT molecular complexity index is 1690. The summed E-state index contributed by atoms with van der Waals surface area (Å²) in [6, 6.07) is 29.0. The van der Waals surface area contributed by atoms with Gasteiger partial charge in [-0.05, 0) is 23.8 Å². The highest BCUT2D eigenvalue weighted by Gasteiger charge is 2.35. The highest BCUT2D eigenvalue weighted by Crippen LogP contribution is 2.36. The molecule has 6 nitrogen and oxygen atoms in total. The fourth-order valence-corrected chi connectivity index (χ4v) is 4.87. The van der Waals surface area contributed by atoms with Gasteiger partial charge in [-0.3, -0.25) is 14.6 Å². The third-order valence-corrected chi connectivity index (χ3v) is 6.47. The normalized spacial score (nSPS) is 15.5. The molecule has 3 heterocycles. The van der Waals surface area contributed by atoms with Gasteiger partial charge in [0.25, 0.3) is 5.56 Å². The molecule has 5 aromatic rings. The van der Waals surface area contributed by atoms with Crippen LogP contribution < -0.4 is 5.56 Å². The third kappa shape index (κ3) is 3.60. The number of hydrazone groups is 1. The topological polar surface area (TPSA) is 78.4 Å². The lowest BCUT2D eigenvalue weighted by Gasteiger charge is -2.19. The van der Waals surface area contributed by atoms with Gasteiger partial charge in [-0.15, -0.1) is 0 Å². The van der Waals surface area contributed by atoms with E-state index in [2.05, 4.69) is 10.1 Å². The van der Waals surface area contributed by atoms with Crippen LogP contribution in [0, 0.1) is 0 Å². The molecule has 1 N–H and O–H groups in total. The van der Waals surface area contributed by atoms with Crippen molar-refractivity contribution in [3.8, 4) is 11.1 Å². The first-order valence-corrected chi connectivity index (χ1v) is 11.5. The van der Waals surface area contributed by atoms with Crippen molar-refractivity contribution in [1.82, 2.24) is 15.0 Å². The van der Waals surface area contributed by atoms with Gasteiger partial charge in [-0.25, -0.2) is 5.01 Å². The average molecular weight is 459 g/mol. The Balaban J connectivity index is 1.53. The summed E-state index contributed by atoms with van der Waals surface area (Å²) in [5.74, 6) is -0.196. The molecule has 0 saturated heterocycles. The summed E-state index contributed by atoms with van der Waals surface area (Å²) < 4.78 is 0. The number of hydrogen-bond donors (Lipinski definition) is 1. The second kappa shape index (κ2) is 8.33. The molecule has 0 aliphatic carbocycles. The molecule has 0 saturated carbocycles. The maximum atomic E-state index is 13.5. The van der Waals surface area contributed by atoms with E-state index in [4.69, 9.17) is 4.98 Å². The minimum absolute atomic E-state index is 0.196. The van der Waals surface area contributed by atoms with Crippen LogP contribution >= 0.6 is 0 Å². The lowest BCUT2D eigenvalue weighted by molar-refractivity contribution is -0.130. The summed E-state index contributed by atoms with van der Waals surface area (Å²) in [5.41, 5.74) is 4.95. The van der Waals surface area contributed by atoms with Crippen LogP contribution in [0.2, 0.25) is 0 Å². The number of pyridine rings is 2. The van der Waals surface area contributed by atoms with Gasteiger partial charge in [0.05, 0.1) is 22.5 Å². The Morgan fingerprint density at radius 3 is 2.46 bits per heavy atom. The smallest absolute Gasteiger partial charge is 0.258 e. The van der Waals surface area contributed by atoms with Crippen LogP contribution in [0.15, 0.2) is 101 Å². The van der Waals surface area contributed by atoms with E-state index >= 15 is 0 Å². The Hall–Kier alpha value is -4.58. The molecule has 6 rings (SSSR count). The predicted octanol–water partition coefficient (Wildman–Crippen LogP) is 5.44. The van der Waals surface area contributed by atoms with E-state index in [0.29, 0.717) is 17.7 Å². The number of fused-ring (bicyclic) bond motifs is 2. The van der Waals surface area contributed by atoms with Gasteiger partial charge in [0.2, 0.25) is 5.91 Å². The number of para-hydroxylation sites is 2. The van der Waals surface area contributed by atoms with Gasteiger partial charge in [-0.2, -0.15) is 5.10 Å². The summed E-state index contributed by atoms with van der Waals surface area (Å²) >= 11 is 0. The first kappa shape index (κ1) is 21.0. The molecule has 170 valence electrons. The summed E-state index contributed by atoms with van der Waals surface area (Å²) in [5, 5.41) is 8.10. The Labute approximate surface area is 201 Å². The fourth-order valence-electron chi connectivity index (χ4n) is 4.87. The van der Waals surface area contributed by atoms with E-state index in [1.54, 1.807) is 0 Å². The summed E-state index contributed by atoms with van der Waals surface area (Å²) in [4.78, 5) is 33.9. The molecule has 1 amide bonds. The number of amides is 1. The van der Waals surface area contributed by atoms with Crippen LogP contribution in [0.1, 0.15) is 30.6 Å². The van der Waals surface area contributed by atoms with Gasteiger partial charge in [0, 0.05) is 35.2 Å². The SMILES string of the molecule is CC(=O)N1N=C(c2c(-c3ccccc3)c3ccccc3[nH]c2=O)C[C@H]1c1ccc2ccccc2n1. The molecule has 35 heavy (non-hydrogen) atoms. The lowest BCUT2D eigenvalue weighted by atomic mass is 9.91. The van der Waals surface area contributed by atoms with E-state index in [1.165, 1.54) is 11.9 Å². The van der Waals surface area contributed by atoms with E-state index < -0.39 is 0 Å². The lowest BCUT2D eigenvalue weighted by Crippen LogP contribution is -2.25. The fraction of sp³-hybridized carbons (Fsp3) is 0.103. The van der Waals surface area contributed by atoms with Gasteiger partial charge in [0.1, 0.15) is 6.04 Å². The number of carbonyl (C=O) groups excluding carboxylic acids is 1. The average Bonchev–Trinajstić information content (AvgIpc) is 3.33. The molecule has 3 aromatic carbocycles. The third-order valence-electron chi connectivity index (χ3n) is 6.47. The predicted molar refractivity (Wildman–Crippen MR) is 138 cm³/mol. The van der Waals surface area contributed by atoms with E-state index in [9.17, 15) is 9.59 Å². The molecule has 1 atom stereocenters. The second-order valence-corrected chi connectivity index (χ2v) is 8.67. The minimum Gasteiger partial charge on any atom is -0.321 e. The van der Waals surface area contributed by atoms with Gasteiger partial charge in [0.15, 0.2) is 0 Å². The zero-order valence-electron chi connectivity index (χ0n) is 19.1. The zero-order valence-corrected chi connectivity index (χ0v) is 19.1. The van der Waals surface area contributed by atoms with Gasteiger partial charge >= 0.3 is 0 Å². The molecule has 0 unspecified atom stereocenters. The van der Waals surface area contributed by atoms with Gasteiger partial charge < -0.3 is 4.98 Å². The number of hydrogen-bond acceptors (Lipinski definition) is 4. The monoisotopic (exact) mass is 458 g/mol. The Morgan fingerprint density at radius 2 is 1.63 bits per heavy atom. The number of aromatic nitrogens is 2. The minimum atomic E-state index is -0.387. The van der Waals surface area contributed by atoms with Crippen molar-refractivity contribution >= 4 is 33.4 Å². The molecule has 1 aliphatic rings. The highest BCUT2D eigenvalue weighted by molar-refractivity contribution is 6.12. The Morgan fingerprint density at radius 1 is 0.886 bits per heavy atom.